The molecule has 0 radical (unpaired) electrons. The first-order valence-electron chi connectivity index (χ1n) is 3.24. The van der Waals surface area contributed by atoms with Crippen LogP contribution in [0.25, 0.3) is 0 Å². The average Bonchev–Trinajstić information content (AvgIpc) is 2.68. The van der Waals surface area contributed by atoms with Crippen molar-refractivity contribution in [3.63, 3.8) is 0 Å². The molecule has 58 valence electrons. The zero-order chi connectivity index (χ0) is 7.40. The third-order valence-corrected chi connectivity index (χ3v) is 1.40. The summed E-state index contributed by atoms with van der Waals surface area (Å²) in [5.41, 5.74) is 1.99. The van der Waals surface area contributed by atoms with E-state index in [-0.39, 0.29) is 12.2 Å². The summed E-state index contributed by atoms with van der Waals surface area (Å²) in [7, 11) is 0. The molecule has 1 aliphatic rings. The van der Waals surface area contributed by atoms with E-state index >= 15 is 0 Å². The first-order chi connectivity index (χ1) is 4.88. The van der Waals surface area contributed by atoms with E-state index in [1.807, 2.05) is 5.48 Å². The second-order valence-electron chi connectivity index (χ2n) is 2.16. The Balaban J connectivity index is 1.91. The normalized spacial score (nSPS) is 30.1. The van der Waals surface area contributed by atoms with E-state index in [1.165, 1.54) is 0 Å². The van der Waals surface area contributed by atoms with Crippen LogP contribution in [0.5, 0.6) is 0 Å². The van der Waals surface area contributed by atoms with E-state index in [0.29, 0.717) is 6.67 Å². The summed E-state index contributed by atoms with van der Waals surface area (Å²) in [6.45, 7) is 4.73. The van der Waals surface area contributed by atoms with Gasteiger partial charge in [0.2, 0.25) is 0 Å². The highest BCUT2D eigenvalue weighted by atomic mass is 16.6. The second-order valence-corrected chi connectivity index (χ2v) is 2.16. The molecule has 4 heteroatoms. The van der Waals surface area contributed by atoms with E-state index in [9.17, 15) is 0 Å². The second kappa shape index (κ2) is 3.68. The third kappa shape index (κ3) is 2.07. The Morgan fingerprint density at radius 2 is 2.50 bits per heavy atom. The number of hydroxylamine groups is 1. The molecule has 0 aromatic rings. The fourth-order valence-corrected chi connectivity index (χ4v) is 0.798. The lowest BCUT2D eigenvalue weighted by Crippen LogP contribution is -2.29. The fraction of sp³-hybridized carbons (Fsp3) is 0.667. The quantitative estimate of drug-likeness (QED) is 0.159. The van der Waals surface area contributed by atoms with Crippen LogP contribution in [0.3, 0.4) is 0 Å². The standard InChI is InChI=1S/C6H12N2O2/c1-2-5-6(10-5)3-7-4-8-9/h2,5-9H,1,3-4H2/t5-,6+/m1/s1. The first-order valence-corrected chi connectivity index (χ1v) is 3.24. The lowest BCUT2D eigenvalue weighted by Gasteiger charge is -1.97. The number of epoxide rings is 1. The smallest absolute Gasteiger partial charge is 0.103 e. The van der Waals surface area contributed by atoms with Crippen molar-refractivity contribution in [2.75, 3.05) is 13.2 Å². The minimum Gasteiger partial charge on any atom is -0.364 e. The van der Waals surface area contributed by atoms with Crippen LogP contribution in [-0.2, 0) is 4.74 Å². The maximum absolute atomic E-state index is 8.15. The molecule has 0 amide bonds. The molecule has 0 saturated carbocycles. The molecule has 0 spiro atoms. The largest absolute Gasteiger partial charge is 0.364 e. The van der Waals surface area contributed by atoms with Gasteiger partial charge in [0.1, 0.15) is 12.2 Å². The van der Waals surface area contributed by atoms with Crippen LogP contribution in [0.2, 0.25) is 0 Å². The fourth-order valence-electron chi connectivity index (χ4n) is 0.798. The van der Waals surface area contributed by atoms with Crippen LogP contribution in [0.4, 0.5) is 0 Å². The van der Waals surface area contributed by atoms with Crippen molar-refractivity contribution in [3.8, 4) is 0 Å². The molecule has 0 aromatic carbocycles. The van der Waals surface area contributed by atoms with E-state index in [2.05, 4.69) is 11.9 Å². The minimum absolute atomic E-state index is 0.214. The Morgan fingerprint density at radius 3 is 3.00 bits per heavy atom. The van der Waals surface area contributed by atoms with Gasteiger partial charge in [-0.15, -0.1) is 6.58 Å². The summed E-state index contributed by atoms with van der Waals surface area (Å²) in [6, 6.07) is 0. The molecule has 4 nitrogen and oxygen atoms in total. The highest BCUT2D eigenvalue weighted by Crippen LogP contribution is 2.21. The van der Waals surface area contributed by atoms with Crippen molar-refractivity contribution in [1.29, 1.82) is 0 Å². The number of rotatable bonds is 5. The van der Waals surface area contributed by atoms with E-state index in [4.69, 9.17) is 9.94 Å². The topological polar surface area (TPSA) is 56.8 Å². The van der Waals surface area contributed by atoms with Crippen molar-refractivity contribution in [2.45, 2.75) is 12.2 Å². The lowest BCUT2D eigenvalue weighted by molar-refractivity contribution is 0.157. The first kappa shape index (κ1) is 7.68. The molecule has 2 atom stereocenters. The molecule has 0 bridgehead atoms. The van der Waals surface area contributed by atoms with Crippen LogP contribution in [-0.4, -0.2) is 30.6 Å². The van der Waals surface area contributed by atoms with Gasteiger partial charge in [0.25, 0.3) is 0 Å². The van der Waals surface area contributed by atoms with Crippen molar-refractivity contribution in [2.24, 2.45) is 0 Å². The van der Waals surface area contributed by atoms with Gasteiger partial charge < -0.3 is 9.94 Å². The van der Waals surface area contributed by atoms with Gasteiger partial charge in [0.15, 0.2) is 0 Å². The van der Waals surface area contributed by atoms with Gasteiger partial charge in [-0.05, 0) is 0 Å². The predicted molar refractivity (Wildman–Crippen MR) is 36.6 cm³/mol. The predicted octanol–water partition coefficient (Wildman–Crippen LogP) is -0.534. The van der Waals surface area contributed by atoms with Crippen molar-refractivity contribution in [1.82, 2.24) is 10.8 Å². The molecule has 0 aromatic heterocycles. The molecule has 0 aliphatic carbocycles. The van der Waals surface area contributed by atoms with Gasteiger partial charge in [-0.2, -0.15) is 5.48 Å². The Labute approximate surface area is 59.8 Å². The summed E-state index contributed by atoms with van der Waals surface area (Å²) in [5, 5.41) is 11.1. The van der Waals surface area contributed by atoms with Crippen LogP contribution in [0, 0.1) is 0 Å². The molecule has 1 fully saturated rings. The Hall–Kier alpha value is -0.420. The van der Waals surface area contributed by atoms with Crippen molar-refractivity contribution in [3.05, 3.63) is 12.7 Å². The van der Waals surface area contributed by atoms with Crippen LogP contribution >= 0.6 is 0 Å². The van der Waals surface area contributed by atoms with Gasteiger partial charge in [0.05, 0.1) is 6.67 Å². The number of hydrogen-bond acceptors (Lipinski definition) is 4. The Kier molecular flexibility index (Phi) is 2.82. The zero-order valence-corrected chi connectivity index (χ0v) is 5.71. The lowest BCUT2D eigenvalue weighted by atomic mass is 10.3. The highest BCUT2D eigenvalue weighted by molar-refractivity contribution is 4.98. The summed E-state index contributed by atoms with van der Waals surface area (Å²) in [5.74, 6) is 0. The molecule has 1 aliphatic heterocycles. The molecule has 10 heavy (non-hydrogen) atoms. The van der Waals surface area contributed by atoms with Gasteiger partial charge in [-0.25, -0.2) is 0 Å². The van der Waals surface area contributed by atoms with Gasteiger partial charge in [-0.3, -0.25) is 5.32 Å². The van der Waals surface area contributed by atoms with E-state index in [0.717, 1.165) is 6.54 Å². The van der Waals surface area contributed by atoms with Crippen molar-refractivity contribution < 1.29 is 9.94 Å². The van der Waals surface area contributed by atoms with Gasteiger partial charge in [-0.1, -0.05) is 6.08 Å². The summed E-state index contributed by atoms with van der Waals surface area (Å²) >= 11 is 0. The molecular weight excluding hydrogens is 132 g/mol. The summed E-state index contributed by atoms with van der Waals surface area (Å²) < 4.78 is 5.12. The monoisotopic (exact) mass is 144 g/mol. The Morgan fingerprint density at radius 1 is 1.70 bits per heavy atom. The molecular formula is C6H12N2O2. The van der Waals surface area contributed by atoms with Gasteiger partial charge in [0, 0.05) is 6.54 Å². The molecule has 1 rings (SSSR count). The molecule has 1 saturated heterocycles. The van der Waals surface area contributed by atoms with Gasteiger partial charge >= 0.3 is 0 Å². The molecule has 3 N–H and O–H groups in total. The number of hydrogen-bond donors (Lipinski definition) is 3. The number of nitrogens with one attached hydrogen (secondary N) is 2. The molecule has 0 unspecified atom stereocenters. The number of ether oxygens (including phenoxy) is 1. The SMILES string of the molecule is C=C[C@H]1O[C@H]1CNCNO. The van der Waals surface area contributed by atoms with E-state index < -0.39 is 0 Å². The molecule has 1 heterocycles. The van der Waals surface area contributed by atoms with Crippen LogP contribution < -0.4 is 10.8 Å². The third-order valence-electron chi connectivity index (χ3n) is 1.40. The summed E-state index contributed by atoms with van der Waals surface area (Å²) in [4.78, 5) is 0. The zero-order valence-electron chi connectivity index (χ0n) is 5.71. The maximum atomic E-state index is 8.15. The van der Waals surface area contributed by atoms with E-state index in [1.54, 1.807) is 6.08 Å². The maximum Gasteiger partial charge on any atom is 0.103 e. The average molecular weight is 144 g/mol. The Bertz CT molecular complexity index is 118. The van der Waals surface area contributed by atoms with Crippen LogP contribution in [0.1, 0.15) is 0 Å². The van der Waals surface area contributed by atoms with Crippen molar-refractivity contribution >= 4 is 0 Å². The summed E-state index contributed by atoms with van der Waals surface area (Å²) in [6.07, 6.45) is 2.25. The highest BCUT2D eigenvalue weighted by Gasteiger charge is 2.34. The minimum atomic E-state index is 0.214. The van der Waals surface area contributed by atoms with Crippen LogP contribution in [0.15, 0.2) is 12.7 Å².